The number of hydrogen-bond donors (Lipinski definition) is 2. The van der Waals surface area contributed by atoms with Crippen LogP contribution in [0.15, 0.2) is 29.2 Å². The standard InChI is InChI=1S/C14H19NO4S/c1-2-15(9-5-11-17)20(18,19)14-8-3-6-13(12-14)7-4-10-16/h3,6,8,12,16-17H,2,5,9-11H2,1H3. The number of aliphatic hydroxyl groups is 2. The Balaban J connectivity index is 3.07. The van der Waals surface area contributed by atoms with Gasteiger partial charge in [0.2, 0.25) is 10.0 Å². The third-order valence-corrected chi connectivity index (χ3v) is 4.67. The number of nitrogens with zero attached hydrogens (tertiary/aromatic N) is 1. The van der Waals surface area contributed by atoms with Crippen LogP contribution in [0.25, 0.3) is 0 Å². The summed E-state index contributed by atoms with van der Waals surface area (Å²) in [5, 5.41) is 17.5. The van der Waals surface area contributed by atoms with Crippen LogP contribution in [0, 0.1) is 11.8 Å². The highest BCUT2D eigenvalue weighted by Gasteiger charge is 2.22. The van der Waals surface area contributed by atoms with Crippen molar-refractivity contribution in [1.29, 1.82) is 0 Å². The Morgan fingerprint density at radius 2 is 2.05 bits per heavy atom. The van der Waals surface area contributed by atoms with Crippen LogP contribution in [0.3, 0.4) is 0 Å². The van der Waals surface area contributed by atoms with E-state index in [0.717, 1.165) is 0 Å². The second-order valence-corrected chi connectivity index (χ2v) is 6.00. The van der Waals surface area contributed by atoms with Crippen LogP contribution in [0.5, 0.6) is 0 Å². The minimum atomic E-state index is -3.58. The zero-order valence-corrected chi connectivity index (χ0v) is 12.2. The molecule has 0 saturated carbocycles. The Kier molecular flexibility index (Phi) is 6.68. The van der Waals surface area contributed by atoms with Crippen molar-refractivity contribution in [2.45, 2.75) is 18.2 Å². The van der Waals surface area contributed by atoms with E-state index in [4.69, 9.17) is 10.2 Å². The van der Waals surface area contributed by atoms with E-state index >= 15 is 0 Å². The van der Waals surface area contributed by atoms with Crippen molar-refractivity contribution >= 4 is 10.0 Å². The van der Waals surface area contributed by atoms with Crippen LogP contribution in [-0.4, -0.2) is 49.2 Å². The summed E-state index contributed by atoms with van der Waals surface area (Å²) in [7, 11) is -3.58. The van der Waals surface area contributed by atoms with Gasteiger partial charge in [0.25, 0.3) is 0 Å². The van der Waals surface area contributed by atoms with Gasteiger partial charge < -0.3 is 10.2 Å². The SMILES string of the molecule is CCN(CCCO)S(=O)(=O)c1cccc(C#CCO)c1. The lowest BCUT2D eigenvalue weighted by atomic mass is 10.2. The fraction of sp³-hybridized carbons (Fsp3) is 0.429. The predicted octanol–water partition coefficient (Wildman–Crippen LogP) is 0.423. The number of hydrogen-bond acceptors (Lipinski definition) is 4. The molecule has 0 spiro atoms. The molecule has 0 aliphatic rings. The van der Waals surface area contributed by atoms with Crippen LogP contribution in [-0.2, 0) is 10.0 Å². The molecule has 1 rings (SSSR count). The Hall–Kier alpha value is -1.39. The lowest BCUT2D eigenvalue weighted by Gasteiger charge is -2.20. The highest BCUT2D eigenvalue weighted by molar-refractivity contribution is 7.89. The Bertz CT molecular complexity index is 587. The predicted molar refractivity (Wildman–Crippen MR) is 76.5 cm³/mol. The minimum absolute atomic E-state index is 0.0476. The van der Waals surface area contributed by atoms with Crippen molar-refractivity contribution in [3.8, 4) is 11.8 Å². The van der Waals surface area contributed by atoms with Gasteiger partial charge >= 0.3 is 0 Å². The first-order valence-electron chi connectivity index (χ1n) is 6.37. The summed E-state index contributed by atoms with van der Waals surface area (Å²) < 4.78 is 26.2. The molecule has 0 saturated heterocycles. The number of sulfonamides is 1. The van der Waals surface area contributed by atoms with E-state index in [1.807, 2.05) is 0 Å². The van der Waals surface area contributed by atoms with Gasteiger partial charge in [-0.25, -0.2) is 8.42 Å². The largest absolute Gasteiger partial charge is 0.396 e. The van der Waals surface area contributed by atoms with Crippen molar-refractivity contribution in [3.63, 3.8) is 0 Å². The smallest absolute Gasteiger partial charge is 0.243 e. The van der Waals surface area contributed by atoms with E-state index in [1.54, 1.807) is 19.1 Å². The quantitative estimate of drug-likeness (QED) is 0.746. The molecule has 0 amide bonds. The lowest BCUT2D eigenvalue weighted by molar-refractivity contribution is 0.271. The fourth-order valence-electron chi connectivity index (χ4n) is 1.72. The maximum absolute atomic E-state index is 12.4. The van der Waals surface area contributed by atoms with Gasteiger partial charge in [0.05, 0.1) is 4.90 Å². The van der Waals surface area contributed by atoms with Crippen LogP contribution < -0.4 is 0 Å². The summed E-state index contributed by atoms with van der Waals surface area (Å²) in [5.74, 6) is 5.17. The van der Waals surface area contributed by atoms with Gasteiger partial charge in [0.1, 0.15) is 6.61 Å². The monoisotopic (exact) mass is 297 g/mol. The molecule has 5 nitrogen and oxygen atoms in total. The number of aliphatic hydroxyl groups excluding tert-OH is 2. The molecule has 0 aliphatic carbocycles. The molecule has 0 bridgehead atoms. The Morgan fingerprint density at radius 3 is 2.65 bits per heavy atom. The molecule has 1 aromatic carbocycles. The Labute approximate surface area is 119 Å². The van der Waals surface area contributed by atoms with Crippen LogP contribution in [0.4, 0.5) is 0 Å². The molecule has 2 N–H and O–H groups in total. The van der Waals surface area contributed by atoms with Crippen LogP contribution >= 0.6 is 0 Å². The van der Waals surface area contributed by atoms with E-state index in [1.165, 1.54) is 16.4 Å². The highest BCUT2D eigenvalue weighted by Crippen LogP contribution is 2.17. The van der Waals surface area contributed by atoms with Gasteiger partial charge in [0, 0.05) is 25.3 Å². The first kappa shape index (κ1) is 16.7. The third-order valence-electron chi connectivity index (χ3n) is 2.70. The van der Waals surface area contributed by atoms with Crippen molar-refractivity contribution in [3.05, 3.63) is 29.8 Å². The summed E-state index contributed by atoms with van der Waals surface area (Å²) >= 11 is 0. The molecule has 0 aliphatic heterocycles. The average molecular weight is 297 g/mol. The average Bonchev–Trinajstić information content (AvgIpc) is 2.46. The first-order chi connectivity index (χ1) is 9.56. The summed E-state index contributed by atoms with van der Waals surface area (Å²) in [6.45, 7) is 2.06. The second kappa shape index (κ2) is 8.02. The minimum Gasteiger partial charge on any atom is -0.396 e. The zero-order valence-electron chi connectivity index (χ0n) is 11.4. The van der Waals surface area contributed by atoms with Crippen molar-refractivity contribution in [2.24, 2.45) is 0 Å². The van der Waals surface area contributed by atoms with Crippen LogP contribution in [0.2, 0.25) is 0 Å². The summed E-state index contributed by atoms with van der Waals surface area (Å²) in [6, 6.07) is 6.31. The fourth-order valence-corrected chi connectivity index (χ4v) is 3.25. The molecule has 110 valence electrons. The van der Waals surface area contributed by atoms with Gasteiger partial charge in [-0.1, -0.05) is 24.8 Å². The molecule has 6 heteroatoms. The van der Waals surface area contributed by atoms with E-state index in [-0.39, 0.29) is 24.7 Å². The molecule has 20 heavy (non-hydrogen) atoms. The van der Waals surface area contributed by atoms with Crippen molar-refractivity contribution in [2.75, 3.05) is 26.3 Å². The van der Waals surface area contributed by atoms with Crippen molar-refractivity contribution < 1.29 is 18.6 Å². The molecule has 0 atom stereocenters. The first-order valence-corrected chi connectivity index (χ1v) is 7.81. The van der Waals surface area contributed by atoms with Gasteiger partial charge in [-0.3, -0.25) is 0 Å². The molecule has 0 radical (unpaired) electrons. The summed E-state index contributed by atoms with van der Waals surface area (Å²) in [6.07, 6.45) is 0.400. The molecule has 0 fully saturated rings. The van der Waals surface area contributed by atoms with Gasteiger partial charge in [-0.15, -0.1) is 0 Å². The molecule has 1 aromatic rings. The Morgan fingerprint density at radius 1 is 1.30 bits per heavy atom. The normalized spacial score (nSPS) is 11.2. The van der Waals surface area contributed by atoms with E-state index in [9.17, 15) is 8.42 Å². The number of rotatable bonds is 6. The molecule has 0 heterocycles. The lowest BCUT2D eigenvalue weighted by Crippen LogP contribution is -2.32. The van der Waals surface area contributed by atoms with Crippen LogP contribution in [0.1, 0.15) is 18.9 Å². The third kappa shape index (κ3) is 4.32. The molecular formula is C14H19NO4S. The topological polar surface area (TPSA) is 77.8 Å². The molecular weight excluding hydrogens is 278 g/mol. The van der Waals surface area contributed by atoms with E-state index in [2.05, 4.69) is 11.8 Å². The molecule has 0 aromatic heterocycles. The summed E-state index contributed by atoms with van der Waals surface area (Å²) in [4.78, 5) is 0.169. The maximum Gasteiger partial charge on any atom is 0.243 e. The van der Waals surface area contributed by atoms with Gasteiger partial charge in [-0.2, -0.15) is 4.31 Å². The maximum atomic E-state index is 12.4. The number of benzene rings is 1. The second-order valence-electron chi connectivity index (χ2n) is 4.06. The zero-order chi connectivity index (χ0) is 15.0. The van der Waals surface area contributed by atoms with Gasteiger partial charge in [0.15, 0.2) is 0 Å². The van der Waals surface area contributed by atoms with E-state index in [0.29, 0.717) is 18.5 Å². The van der Waals surface area contributed by atoms with Gasteiger partial charge in [-0.05, 0) is 24.6 Å². The highest BCUT2D eigenvalue weighted by atomic mass is 32.2. The molecule has 0 unspecified atom stereocenters. The summed E-state index contributed by atoms with van der Waals surface area (Å²) in [5.41, 5.74) is 0.540. The van der Waals surface area contributed by atoms with Crippen molar-refractivity contribution in [1.82, 2.24) is 4.31 Å². The van der Waals surface area contributed by atoms with E-state index < -0.39 is 10.0 Å².